The van der Waals surface area contributed by atoms with Gasteiger partial charge < -0.3 is 5.32 Å². The van der Waals surface area contributed by atoms with Crippen LogP contribution in [-0.4, -0.2) is 59.5 Å². The average Bonchev–Trinajstić information content (AvgIpc) is 3.09. The van der Waals surface area contributed by atoms with E-state index in [0.717, 1.165) is 44.0 Å². The number of amides is 1. The molecule has 1 fully saturated rings. The van der Waals surface area contributed by atoms with Crippen LogP contribution in [0.3, 0.4) is 0 Å². The molecule has 1 aromatic heterocycles. The molecule has 1 N–H and O–H groups in total. The van der Waals surface area contributed by atoms with Gasteiger partial charge in [0.2, 0.25) is 5.91 Å². The summed E-state index contributed by atoms with van der Waals surface area (Å²) in [5.41, 5.74) is 3.71. The molecule has 0 unspecified atom stereocenters. The molecule has 1 aliphatic rings. The summed E-state index contributed by atoms with van der Waals surface area (Å²) in [6.07, 6.45) is 4.30. The summed E-state index contributed by atoms with van der Waals surface area (Å²) in [6.45, 7) is 8.17. The van der Waals surface area contributed by atoms with Crippen molar-refractivity contribution in [2.24, 2.45) is 0 Å². The van der Waals surface area contributed by atoms with Gasteiger partial charge >= 0.3 is 0 Å². The molecule has 0 atom stereocenters. The molecule has 180 valence electrons. The molecule has 2 heterocycles. The Morgan fingerprint density at radius 2 is 1.77 bits per heavy atom. The number of hydrogen-bond donors (Lipinski definition) is 1. The average molecular weight is 472 g/mol. The van der Waals surface area contributed by atoms with Crippen LogP contribution in [0.5, 0.6) is 0 Å². The Labute approximate surface area is 205 Å². The number of benzene rings is 2. The predicted molar refractivity (Wildman–Crippen MR) is 137 cm³/mol. The summed E-state index contributed by atoms with van der Waals surface area (Å²) in [6, 6.07) is 18.6. The summed E-state index contributed by atoms with van der Waals surface area (Å²) < 4.78 is 15.6. The molecule has 6 nitrogen and oxygen atoms in total. The second-order valence-electron chi connectivity index (χ2n) is 8.80. The molecule has 0 bridgehead atoms. The Balaban J connectivity index is 1.37. The number of piperazine rings is 1. The first-order chi connectivity index (χ1) is 17.0. The predicted octanol–water partition coefficient (Wildman–Crippen LogP) is 4.37. The molecular formula is C28H30FN5O. The van der Waals surface area contributed by atoms with Crippen molar-refractivity contribution in [2.75, 3.05) is 44.6 Å². The van der Waals surface area contributed by atoms with Gasteiger partial charge in [0.15, 0.2) is 0 Å². The lowest BCUT2D eigenvalue weighted by Gasteiger charge is -2.33. The van der Waals surface area contributed by atoms with Gasteiger partial charge in [0, 0.05) is 38.4 Å². The Hall–Kier alpha value is -3.73. The molecule has 35 heavy (non-hydrogen) atoms. The number of halogens is 1. The first kappa shape index (κ1) is 24.4. The number of nitriles is 1. The summed E-state index contributed by atoms with van der Waals surface area (Å²) in [5, 5.41) is 12.7. The molecule has 7 heteroatoms. The van der Waals surface area contributed by atoms with E-state index in [4.69, 9.17) is 0 Å². The largest absolute Gasteiger partial charge is 0.310 e. The summed E-state index contributed by atoms with van der Waals surface area (Å²) in [5.74, 6) is -0.169. The maximum absolute atomic E-state index is 13.9. The van der Waals surface area contributed by atoms with E-state index in [1.54, 1.807) is 16.7 Å². The van der Waals surface area contributed by atoms with E-state index >= 15 is 0 Å². The van der Waals surface area contributed by atoms with Gasteiger partial charge in [-0.2, -0.15) is 5.26 Å². The molecular weight excluding hydrogens is 441 g/mol. The molecule has 2 aromatic carbocycles. The van der Waals surface area contributed by atoms with Crippen molar-refractivity contribution < 1.29 is 9.18 Å². The SMILES string of the molecule is Cc1c(C#N)c(NC(=O)CN2CCN(C/C=C/c3ccccc3)CC2)n(-c2cccc(F)c2)c1C. The first-order valence-electron chi connectivity index (χ1n) is 11.8. The zero-order valence-corrected chi connectivity index (χ0v) is 20.2. The van der Waals surface area contributed by atoms with Gasteiger partial charge in [0.25, 0.3) is 0 Å². The van der Waals surface area contributed by atoms with Crippen LogP contribution >= 0.6 is 0 Å². The van der Waals surface area contributed by atoms with Gasteiger partial charge in [-0.1, -0.05) is 48.6 Å². The molecule has 4 rings (SSSR count). The lowest BCUT2D eigenvalue weighted by atomic mass is 10.2. The Bertz CT molecular complexity index is 1250. The number of rotatable bonds is 7. The maximum atomic E-state index is 13.9. The molecule has 0 aliphatic carbocycles. The van der Waals surface area contributed by atoms with E-state index in [1.807, 2.05) is 32.0 Å². The Morgan fingerprint density at radius 3 is 2.46 bits per heavy atom. The van der Waals surface area contributed by atoms with Gasteiger partial charge in [-0.3, -0.25) is 19.2 Å². The lowest BCUT2D eigenvalue weighted by Crippen LogP contribution is -2.48. The Kier molecular flexibility index (Phi) is 7.76. The Morgan fingerprint density at radius 1 is 1.06 bits per heavy atom. The standard InChI is InChI=1S/C28H30FN5O/c1-21-22(2)34(25-12-6-11-24(29)18-25)28(26(21)19-30)31-27(35)20-33-16-14-32(15-17-33)13-7-10-23-8-4-3-5-9-23/h3-12,18H,13-17,20H2,1-2H3,(H,31,35)/b10-7+. The highest BCUT2D eigenvalue weighted by Gasteiger charge is 2.23. The minimum Gasteiger partial charge on any atom is -0.310 e. The molecule has 1 amide bonds. The number of hydrogen-bond acceptors (Lipinski definition) is 4. The minimum atomic E-state index is -0.375. The number of carbonyl (C=O) groups is 1. The van der Waals surface area contributed by atoms with Gasteiger partial charge in [-0.05, 0) is 43.2 Å². The van der Waals surface area contributed by atoms with Crippen LogP contribution in [0.15, 0.2) is 60.7 Å². The summed E-state index contributed by atoms with van der Waals surface area (Å²) in [7, 11) is 0. The second-order valence-corrected chi connectivity index (χ2v) is 8.80. The highest BCUT2D eigenvalue weighted by molar-refractivity contribution is 5.93. The van der Waals surface area contributed by atoms with Crippen molar-refractivity contribution in [3.8, 4) is 11.8 Å². The van der Waals surface area contributed by atoms with Gasteiger partial charge in [0.05, 0.1) is 17.8 Å². The first-order valence-corrected chi connectivity index (χ1v) is 11.8. The van der Waals surface area contributed by atoms with Crippen LogP contribution in [0.2, 0.25) is 0 Å². The minimum absolute atomic E-state index is 0.186. The molecule has 3 aromatic rings. The van der Waals surface area contributed by atoms with Crippen molar-refractivity contribution in [1.29, 1.82) is 5.26 Å². The molecule has 0 spiro atoms. The van der Waals surface area contributed by atoms with Gasteiger partial charge in [0.1, 0.15) is 17.7 Å². The zero-order valence-electron chi connectivity index (χ0n) is 20.2. The maximum Gasteiger partial charge on any atom is 0.239 e. The normalized spacial score (nSPS) is 14.8. The van der Waals surface area contributed by atoms with Crippen molar-refractivity contribution >= 4 is 17.8 Å². The number of nitrogens with zero attached hydrogens (tertiary/aromatic N) is 4. The van der Waals surface area contributed by atoms with Gasteiger partial charge in [-0.25, -0.2) is 4.39 Å². The van der Waals surface area contributed by atoms with Crippen molar-refractivity contribution in [2.45, 2.75) is 13.8 Å². The molecule has 1 aliphatic heterocycles. The number of carbonyl (C=O) groups excluding carboxylic acids is 1. The smallest absolute Gasteiger partial charge is 0.239 e. The second kappa shape index (κ2) is 11.1. The zero-order chi connectivity index (χ0) is 24.8. The van der Waals surface area contributed by atoms with Crippen LogP contribution < -0.4 is 5.32 Å². The third-order valence-electron chi connectivity index (χ3n) is 6.46. The third kappa shape index (κ3) is 5.86. The van der Waals surface area contributed by atoms with E-state index in [-0.39, 0.29) is 18.3 Å². The lowest BCUT2D eigenvalue weighted by molar-refractivity contribution is -0.117. The van der Waals surface area contributed by atoms with E-state index in [1.165, 1.54) is 17.7 Å². The fraction of sp³-hybridized carbons (Fsp3) is 0.286. The molecule has 1 saturated heterocycles. The van der Waals surface area contributed by atoms with E-state index in [9.17, 15) is 14.4 Å². The summed E-state index contributed by atoms with van der Waals surface area (Å²) in [4.78, 5) is 17.4. The summed E-state index contributed by atoms with van der Waals surface area (Å²) >= 11 is 0. The molecule has 0 radical (unpaired) electrons. The number of anilines is 1. The van der Waals surface area contributed by atoms with E-state index in [0.29, 0.717) is 17.1 Å². The van der Waals surface area contributed by atoms with Crippen LogP contribution in [0, 0.1) is 31.0 Å². The van der Waals surface area contributed by atoms with E-state index in [2.05, 4.69) is 45.5 Å². The van der Waals surface area contributed by atoms with Crippen LogP contribution in [0.25, 0.3) is 11.8 Å². The molecule has 0 saturated carbocycles. The van der Waals surface area contributed by atoms with E-state index < -0.39 is 0 Å². The monoisotopic (exact) mass is 471 g/mol. The van der Waals surface area contributed by atoms with Crippen LogP contribution in [0.1, 0.15) is 22.4 Å². The van der Waals surface area contributed by atoms with Crippen molar-refractivity contribution in [1.82, 2.24) is 14.4 Å². The number of aromatic nitrogens is 1. The van der Waals surface area contributed by atoms with Crippen LogP contribution in [0.4, 0.5) is 10.2 Å². The van der Waals surface area contributed by atoms with Crippen LogP contribution in [-0.2, 0) is 4.79 Å². The number of nitrogens with one attached hydrogen (secondary N) is 1. The van der Waals surface area contributed by atoms with Crippen molar-refractivity contribution in [3.05, 3.63) is 88.9 Å². The topological polar surface area (TPSA) is 64.3 Å². The quantitative estimate of drug-likeness (QED) is 0.556. The van der Waals surface area contributed by atoms with Crippen molar-refractivity contribution in [3.63, 3.8) is 0 Å². The highest BCUT2D eigenvalue weighted by atomic mass is 19.1. The third-order valence-corrected chi connectivity index (χ3v) is 6.46. The fourth-order valence-corrected chi connectivity index (χ4v) is 4.41. The highest BCUT2D eigenvalue weighted by Crippen LogP contribution is 2.30. The fourth-order valence-electron chi connectivity index (χ4n) is 4.41. The van der Waals surface area contributed by atoms with Gasteiger partial charge in [-0.15, -0.1) is 0 Å².